The molecule has 5 heteroatoms. The molecule has 1 heterocycles. The molecule has 2 rings (SSSR count). The van der Waals surface area contributed by atoms with Gasteiger partial charge in [0.15, 0.2) is 0 Å². The molecule has 4 nitrogen and oxygen atoms in total. The first-order chi connectivity index (χ1) is 7.15. The third-order valence-corrected chi connectivity index (χ3v) is 2.59. The van der Waals surface area contributed by atoms with Crippen LogP contribution in [0, 0.1) is 0 Å². The molecule has 0 aliphatic carbocycles. The zero-order chi connectivity index (χ0) is 10.8. The van der Waals surface area contributed by atoms with Crippen LogP contribution in [0.25, 0.3) is 0 Å². The Bertz CT molecular complexity index is 394. The van der Waals surface area contributed by atoms with E-state index in [0.29, 0.717) is 23.7 Å². The summed E-state index contributed by atoms with van der Waals surface area (Å²) in [4.78, 5) is 11.0. The third-order valence-electron chi connectivity index (χ3n) is 2.35. The van der Waals surface area contributed by atoms with Crippen LogP contribution in [0.4, 0.5) is 11.4 Å². The maximum absolute atomic E-state index is 11.0. The van der Waals surface area contributed by atoms with Gasteiger partial charge in [0.1, 0.15) is 0 Å². The van der Waals surface area contributed by atoms with Crippen LogP contribution in [-0.2, 0) is 4.79 Å². The summed E-state index contributed by atoms with van der Waals surface area (Å²) >= 11 is 5.78. The van der Waals surface area contributed by atoms with Gasteiger partial charge >= 0.3 is 0 Å². The van der Waals surface area contributed by atoms with Gasteiger partial charge in [0.25, 0.3) is 0 Å². The third kappa shape index (κ3) is 2.33. The van der Waals surface area contributed by atoms with E-state index in [0.717, 1.165) is 5.69 Å². The Morgan fingerprint density at radius 3 is 2.93 bits per heavy atom. The van der Waals surface area contributed by atoms with Crippen molar-refractivity contribution in [3.8, 4) is 0 Å². The molecule has 1 aliphatic heterocycles. The van der Waals surface area contributed by atoms with E-state index >= 15 is 0 Å². The summed E-state index contributed by atoms with van der Waals surface area (Å²) in [5.74, 6) is 0.0695. The first-order valence-corrected chi connectivity index (χ1v) is 5.11. The number of hydrogen-bond donors (Lipinski definition) is 3. The molecule has 0 bridgehead atoms. The molecule has 1 saturated heterocycles. The number of anilines is 2. The molecular weight excluding hydrogens is 214 g/mol. The molecule has 0 radical (unpaired) electrons. The summed E-state index contributed by atoms with van der Waals surface area (Å²) in [5.41, 5.74) is 7.20. The standard InChI is InChI=1S/C10H12ClN3O/c11-6-1-2-9(8(12)3-6)14-7-4-10(15)13-5-7/h1-3,7,14H,4-5,12H2,(H,13,15). The second-order valence-electron chi connectivity index (χ2n) is 3.58. The topological polar surface area (TPSA) is 67.2 Å². The molecule has 0 spiro atoms. The van der Waals surface area contributed by atoms with E-state index in [1.54, 1.807) is 12.1 Å². The van der Waals surface area contributed by atoms with E-state index < -0.39 is 0 Å². The van der Waals surface area contributed by atoms with Gasteiger partial charge in [0.2, 0.25) is 5.91 Å². The number of benzene rings is 1. The van der Waals surface area contributed by atoms with Crippen molar-refractivity contribution in [2.45, 2.75) is 12.5 Å². The molecule has 1 unspecified atom stereocenters. The van der Waals surface area contributed by atoms with Crippen LogP contribution in [0.5, 0.6) is 0 Å². The molecule has 1 aromatic carbocycles. The van der Waals surface area contributed by atoms with E-state index in [2.05, 4.69) is 10.6 Å². The number of halogens is 1. The quantitative estimate of drug-likeness (QED) is 0.663. The lowest BCUT2D eigenvalue weighted by molar-refractivity contribution is -0.119. The van der Waals surface area contributed by atoms with Crippen molar-refractivity contribution in [1.29, 1.82) is 0 Å². The van der Waals surface area contributed by atoms with Crippen LogP contribution in [0.15, 0.2) is 18.2 Å². The molecular formula is C10H12ClN3O. The van der Waals surface area contributed by atoms with Gasteiger partial charge in [-0.2, -0.15) is 0 Å². The highest BCUT2D eigenvalue weighted by molar-refractivity contribution is 6.31. The van der Waals surface area contributed by atoms with Crippen LogP contribution in [-0.4, -0.2) is 18.5 Å². The largest absolute Gasteiger partial charge is 0.397 e. The Labute approximate surface area is 92.8 Å². The van der Waals surface area contributed by atoms with Crippen molar-refractivity contribution in [1.82, 2.24) is 5.32 Å². The number of nitrogen functional groups attached to an aromatic ring is 1. The second-order valence-corrected chi connectivity index (χ2v) is 4.02. The minimum absolute atomic E-state index is 0.0695. The zero-order valence-electron chi connectivity index (χ0n) is 8.09. The normalized spacial score (nSPS) is 20.1. The van der Waals surface area contributed by atoms with Crippen LogP contribution >= 0.6 is 11.6 Å². The zero-order valence-corrected chi connectivity index (χ0v) is 8.84. The van der Waals surface area contributed by atoms with Gasteiger partial charge < -0.3 is 16.4 Å². The van der Waals surface area contributed by atoms with Gasteiger partial charge in [-0.3, -0.25) is 4.79 Å². The van der Waals surface area contributed by atoms with Crippen molar-refractivity contribution in [3.63, 3.8) is 0 Å². The van der Waals surface area contributed by atoms with Crippen LogP contribution in [0.3, 0.4) is 0 Å². The molecule has 15 heavy (non-hydrogen) atoms. The number of carbonyl (C=O) groups is 1. The molecule has 1 fully saturated rings. The van der Waals surface area contributed by atoms with Crippen LogP contribution in [0.1, 0.15) is 6.42 Å². The highest BCUT2D eigenvalue weighted by Gasteiger charge is 2.21. The Morgan fingerprint density at radius 1 is 1.53 bits per heavy atom. The van der Waals surface area contributed by atoms with E-state index in [4.69, 9.17) is 17.3 Å². The number of carbonyl (C=O) groups excluding carboxylic acids is 1. The number of nitrogens with one attached hydrogen (secondary N) is 2. The van der Waals surface area contributed by atoms with Gasteiger partial charge in [-0.05, 0) is 18.2 Å². The fourth-order valence-corrected chi connectivity index (χ4v) is 1.77. The summed E-state index contributed by atoms with van der Waals surface area (Å²) < 4.78 is 0. The average Bonchev–Trinajstić information content (AvgIpc) is 2.56. The number of amides is 1. The van der Waals surface area contributed by atoms with E-state index in [9.17, 15) is 4.79 Å². The monoisotopic (exact) mass is 225 g/mol. The van der Waals surface area contributed by atoms with Gasteiger partial charge in [0.05, 0.1) is 17.4 Å². The lowest BCUT2D eigenvalue weighted by Gasteiger charge is -2.14. The van der Waals surface area contributed by atoms with Crippen LogP contribution < -0.4 is 16.4 Å². The SMILES string of the molecule is Nc1cc(Cl)ccc1NC1CNC(=O)C1. The Kier molecular flexibility index (Phi) is 2.68. The predicted molar refractivity (Wildman–Crippen MR) is 60.9 cm³/mol. The molecule has 80 valence electrons. The van der Waals surface area contributed by atoms with E-state index in [1.165, 1.54) is 0 Å². The van der Waals surface area contributed by atoms with Crippen molar-refractivity contribution >= 4 is 28.9 Å². The molecule has 0 aromatic heterocycles. The summed E-state index contributed by atoms with van der Waals surface area (Å²) in [5, 5.41) is 6.56. The van der Waals surface area contributed by atoms with Crippen molar-refractivity contribution in [3.05, 3.63) is 23.2 Å². The summed E-state index contributed by atoms with van der Waals surface area (Å²) in [6.07, 6.45) is 0.488. The van der Waals surface area contributed by atoms with Crippen LogP contribution in [0.2, 0.25) is 5.02 Å². The molecule has 4 N–H and O–H groups in total. The minimum atomic E-state index is 0.0695. The van der Waals surface area contributed by atoms with E-state index in [-0.39, 0.29) is 11.9 Å². The highest BCUT2D eigenvalue weighted by Crippen LogP contribution is 2.24. The first-order valence-electron chi connectivity index (χ1n) is 4.73. The fraction of sp³-hybridized carbons (Fsp3) is 0.300. The number of hydrogen-bond acceptors (Lipinski definition) is 3. The van der Waals surface area contributed by atoms with Gasteiger partial charge in [-0.25, -0.2) is 0 Å². The van der Waals surface area contributed by atoms with Gasteiger partial charge in [-0.1, -0.05) is 11.6 Å². The Hall–Kier alpha value is -1.42. The fourth-order valence-electron chi connectivity index (χ4n) is 1.59. The highest BCUT2D eigenvalue weighted by atomic mass is 35.5. The van der Waals surface area contributed by atoms with Crippen molar-refractivity contribution in [2.24, 2.45) is 0 Å². The molecule has 1 aliphatic rings. The maximum atomic E-state index is 11.0. The summed E-state index contributed by atoms with van der Waals surface area (Å²) in [7, 11) is 0. The van der Waals surface area contributed by atoms with Crippen molar-refractivity contribution < 1.29 is 4.79 Å². The molecule has 1 atom stereocenters. The summed E-state index contributed by atoms with van der Waals surface area (Å²) in [6, 6.07) is 5.39. The Balaban J connectivity index is 2.07. The smallest absolute Gasteiger partial charge is 0.222 e. The van der Waals surface area contributed by atoms with Crippen molar-refractivity contribution in [2.75, 3.05) is 17.6 Å². The number of nitrogens with two attached hydrogens (primary N) is 1. The lowest BCUT2D eigenvalue weighted by atomic mass is 10.2. The van der Waals surface area contributed by atoms with Gasteiger partial charge in [-0.15, -0.1) is 0 Å². The van der Waals surface area contributed by atoms with E-state index in [1.807, 2.05) is 6.07 Å². The molecule has 0 saturated carbocycles. The predicted octanol–water partition coefficient (Wildman–Crippen LogP) is 1.22. The maximum Gasteiger partial charge on any atom is 0.222 e. The summed E-state index contributed by atoms with van der Waals surface area (Å²) in [6.45, 7) is 0.640. The minimum Gasteiger partial charge on any atom is -0.397 e. The molecule has 1 amide bonds. The second kappa shape index (κ2) is 3.98. The first kappa shape index (κ1) is 10.1. The van der Waals surface area contributed by atoms with Gasteiger partial charge in [0, 0.05) is 18.0 Å². The Morgan fingerprint density at radius 2 is 2.33 bits per heavy atom. The number of rotatable bonds is 2. The lowest BCUT2D eigenvalue weighted by Crippen LogP contribution is -2.22. The average molecular weight is 226 g/mol. The molecule has 1 aromatic rings.